The zero-order valence-electron chi connectivity index (χ0n) is 7.31. The third-order valence-electron chi connectivity index (χ3n) is 1.28. The number of aromatic nitrogens is 2. The molecule has 0 amide bonds. The minimum Gasteiger partial charge on any atom is -0.463 e. The monoisotopic (exact) mass is 187 g/mol. The van der Waals surface area contributed by atoms with E-state index in [0.717, 1.165) is 0 Å². The first-order chi connectivity index (χ1) is 6.77. The molecule has 5 nitrogen and oxygen atoms in total. The summed E-state index contributed by atoms with van der Waals surface area (Å²) in [5.74, 6) is 4.04. The van der Waals surface area contributed by atoms with E-state index < -0.39 is 5.97 Å². The lowest BCUT2D eigenvalue weighted by atomic mass is 10.3. The maximum atomic E-state index is 10.9. The van der Waals surface area contributed by atoms with Crippen LogP contribution in [0.25, 0.3) is 0 Å². The topological polar surface area (TPSA) is 75.9 Å². The van der Waals surface area contributed by atoms with Gasteiger partial charge in [-0.25, -0.2) is 14.8 Å². The molecule has 1 aromatic rings. The molecule has 1 heterocycles. The van der Waals surface area contributed by atoms with E-state index >= 15 is 0 Å². The van der Waals surface area contributed by atoms with E-state index in [1.807, 2.05) is 0 Å². The molecule has 0 N–H and O–H groups in total. The number of nitrogens with zero attached hydrogens (tertiary/aromatic N) is 3. The van der Waals surface area contributed by atoms with Gasteiger partial charge in [-0.05, 0) is 5.92 Å². The van der Waals surface area contributed by atoms with Gasteiger partial charge >= 0.3 is 5.97 Å². The molecule has 0 atom stereocenters. The molecule has 0 aliphatic heterocycles. The fourth-order valence-electron chi connectivity index (χ4n) is 0.689. The third kappa shape index (κ3) is 2.29. The van der Waals surface area contributed by atoms with Crippen molar-refractivity contribution in [2.45, 2.75) is 0 Å². The normalized spacial score (nSPS) is 8.00. The zero-order valence-corrected chi connectivity index (χ0v) is 7.31. The van der Waals surface area contributed by atoms with Gasteiger partial charge in [0.2, 0.25) is 5.82 Å². The Morgan fingerprint density at radius 2 is 2.14 bits per heavy atom. The van der Waals surface area contributed by atoms with Crippen LogP contribution < -0.4 is 0 Å². The number of carbonyl (C=O) groups is 1. The molecule has 0 aliphatic rings. The van der Waals surface area contributed by atoms with E-state index in [0.29, 0.717) is 5.56 Å². The minimum atomic E-state index is -0.607. The SMILES string of the molecule is COC(=O)c1ncc(C#CC#N)cn1. The Kier molecular flexibility index (Phi) is 3.17. The smallest absolute Gasteiger partial charge is 0.376 e. The van der Waals surface area contributed by atoms with Gasteiger partial charge in [0.25, 0.3) is 0 Å². The average Bonchev–Trinajstić information content (AvgIpc) is 2.26. The fourth-order valence-corrected chi connectivity index (χ4v) is 0.689. The van der Waals surface area contributed by atoms with Gasteiger partial charge < -0.3 is 4.74 Å². The number of nitriles is 1. The molecule has 68 valence electrons. The zero-order chi connectivity index (χ0) is 10.4. The minimum absolute atomic E-state index is 0.0324. The number of esters is 1. The summed E-state index contributed by atoms with van der Waals surface area (Å²) in [6.07, 6.45) is 2.70. The standard InChI is InChI=1S/C9H5N3O2/c1-14-9(13)8-11-5-7(6-12-8)3-2-4-10/h5-6H,1H3. The number of ether oxygens (including phenoxy) is 1. The van der Waals surface area contributed by atoms with E-state index in [-0.39, 0.29) is 5.82 Å². The van der Waals surface area contributed by atoms with Gasteiger partial charge in [-0.1, -0.05) is 0 Å². The summed E-state index contributed by atoms with van der Waals surface area (Å²) in [5.41, 5.74) is 0.471. The van der Waals surface area contributed by atoms with E-state index in [4.69, 9.17) is 5.26 Å². The lowest BCUT2D eigenvalue weighted by Gasteiger charge is -1.95. The molecule has 0 spiro atoms. The Bertz CT molecular complexity index is 434. The molecule has 14 heavy (non-hydrogen) atoms. The van der Waals surface area contributed by atoms with E-state index in [1.165, 1.54) is 19.5 Å². The molecule has 1 rings (SSSR count). The maximum absolute atomic E-state index is 10.9. The molecule has 0 radical (unpaired) electrons. The van der Waals surface area contributed by atoms with Crippen LogP contribution in [0, 0.1) is 23.2 Å². The quantitative estimate of drug-likeness (QED) is 0.461. The highest BCUT2D eigenvalue weighted by Crippen LogP contribution is 1.95. The molecular weight excluding hydrogens is 182 g/mol. The van der Waals surface area contributed by atoms with Crippen LogP contribution in [0.2, 0.25) is 0 Å². The number of carbonyl (C=O) groups excluding carboxylic acids is 1. The molecule has 0 unspecified atom stereocenters. The highest BCUT2D eigenvalue weighted by atomic mass is 16.5. The molecule has 0 aromatic carbocycles. The molecule has 5 heteroatoms. The van der Waals surface area contributed by atoms with Crippen molar-refractivity contribution >= 4 is 5.97 Å². The number of hydrogen-bond acceptors (Lipinski definition) is 5. The number of rotatable bonds is 1. The second-order valence-corrected chi connectivity index (χ2v) is 2.15. The summed E-state index contributed by atoms with van der Waals surface area (Å²) in [6.45, 7) is 0. The molecule has 0 bridgehead atoms. The van der Waals surface area contributed by atoms with Crippen molar-refractivity contribution in [3.8, 4) is 17.9 Å². The van der Waals surface area contributed by atoms with Crippen molar-refractivity contribution in [1.82, 2.24) is 9.97 Å². The van der Waals surface area contributed by atoms with Gasteiger partial charge in [0.05, 0.1) is 12.7 Å². The fraction of sp³-hybridized carbons (Fsp3) is 0.111. The Morgan fingerprint density at radius 3 is 2.64 bits per heavy atom. The van der Waals surface area contributed by atoms with E-state index in [9.17, 15) is 4.79 Å². The van der Waals surface area contributed by atoms with Crippen LogP contribution in [0.5, 0.6) is 0 Å². The van der Waals surface area contributed by atoms with Crippen molar-refractivity contribution in [2.24, 2.45) is 0 Å². The van der Waals surface area contributed by atoms with Gasteiger partial charge in [0.1, 0.15) is 0 Å². The predicted octanol–water partition coefficient (Wildman–Crippen LogP) is 0.138. The van der Waals surface area contributed by atoms with Crippen LogP contribution in [0.1, 0.15) is 16.2 Å². The summed E-state index contributed by atoms with van der Waals surface area (Å²) in [6, 6.07) is 1.66. The number of hydrogen-bond donors (Lipinski definition) is 0. The Hall–Kier alpha value is -2.40. The van der Waals surface area contributed by atoms with Crippen LogP contribution >= 0.6 is 0 Å². The predicted molar refractivity (Wildman–Crippen MR) is 45.9 cm³/mol. The number of methoxy groups -OCH3 is 1. The van der Waals surface area contributed by atoms with Crippen molar-refractivity contribution in [3.05, 3.63) is 23.8 Å². The second kappa shape index (κ2) is 4.58. The first-order valence-corrected chi connectivity index (χ1v) is 3.58. The lowest BCUT2D eigenvalue weighted by Crippen LogP contribution is -2.06. The largest absolute Gasteiger partial charge is 0.463 e. The molecule has 0 saturated heterocycles. The van der Waals surface area contributed by atoms with Crippen LogP contribution in [0.3, 0.4) is 0 Å². The summed E-state index contributed by atoms with van der Waals surface area (Å²) in [4.78, 5) is 18.3. The van der Waals surface area contributed by atoms with Gasteiger partial charge in [-0.15, -0.1) is 0 Å². The summed E-state index contributed by atoms with van der Waals surface area (Å²) >= 11 is 0. The first-order valence-electron chi connectivity index (χ1n) is 3.58. The van der Waals surface area contributed by atoms with Gasteiger partial charge in [0, 0.05) is 18.3 Å². The highest BCUT2D eigenvalue weighted by Gasteiger charge is 2.07. The molecule has 0 aliphatic carbocycles. The van der Waals surface area contributed by atoms with Gasteiger partial charge in [-0.3, -0.25) is 0 Å². The Balaban J connectivity index is 2.90. The maximum Gasteiger partial charge on any atom is 0.376 e. The Labute approximate surface area is 80.4 Å². The van der Waals surface area contributed by atoms with E-state index in [2.05, 4.69) is 26.5 Å². The van der Waals surface area contributed by atoms with Crippen LogP contribution in [-0.4, -0.2) is 23.0 Å². The summed E-state index contributed by atoms with van der Waals surface area (Å²) in [7, 11) is 1.25. The van der Waals surface area contributed by atoms with Gasteiger partial charge in [-0.2, -0.15) is 5.26 Å². The molecular formula is C9H5N3O2. The van der Waals surface area contributed by atoms with Crippen LogP contribution in [0.4, 0.5) is 0 Å². The summed E-state index contributed by atoms with van der Waals surface area (Å²) < 4.78 is 4.40. The van der Waals surface area contributed by atoms with Crippen molar-refractivity contribution in [3.63, 3.8) is 0 Å². The van der Waals surface area contributed by atoms with Crippen molar-refractivity contribution < 1.29 is 9.53 Å². The lowest BCUT2D eigenvalue weighted by molar-refractivity contribution is 0.0586. The van der Waals surface area contributed by atoms with Crippen LogP contribution in [-0.2, 0) is 4.74 Å². The first kappa shape index (κ1) is 9.69. The van der Waals surface area contributed by atoms with Crippen LogP contribution in [0.15, 0.2) is 12.4 Å². The molecule has 0 saturated carbocycles. The second-order valence-electron chi connectivity index (χ2n) is 2.15. The highest BCUT2D eigenvalue weighted by molar-refractivity contribution is 5.84. The van der Waals surface area contributed by atoms with Crippen molar-refractivity contribution in [2.75, 3.05) is 7.11 Å². The van der Waals surface area contributed by atoms with Gasteiger partial charge in [0.15, 0.2) is 6.07 Å². The third-order valence-corrected chi connectivity index (χ3v) is 1.28. The molecule has 0 fully saturated rings. The Morgan fingerprint density at radius 1 is 1.50 bits per heavy atom. The molecule has 1 aromatic heterocycles. The van der Waals surface area contributed by atoms with E-state index in [1.54, 1.807) is 6.07 Å². The summed E-state index contributed by atoms with van der Waals surface area (Å²) in [5, 5.41) is 8.17. The average molecular weight is 187 g/mol. The van der Waals surface area contributed by atoms with Crippen molar-refractivity contribution in [1.29, 1.82) is 5.26 Å².